The number of likely N-dealkylation sites (tertiary alicyclic amines) is 1. The van der Waals surface area contributed by atoms with Gasteiger partial charge in [-0.3, -0.25) is 9.63 Å². The minimum absolute atomic E-state index is 0.0771. The predicted octanol–water partition coefficient (Wildman–Crippen LogP) is 2.01. The maximum atomic E-state index is 12.7. The van der Waals surface area contributed by atoms with Crippen molar-refractivity contribution in [1.82, 2.24) is 20.3 Å². The minimum Gasteiger partial charge on any atom is -0.420 e. The summed E-state index contributed by atoms with van der Waals surface area (Å²) in [5.41, 5.74) is 3.27. The SMILES string of the molecule is O=C(NOCOC(=O)N1CCCCC1)[C@@H]1CC[C@@H]2CN1C(=O)N2OCc1ccccc1. The second-order valence-corrected chi connectivity index (χ2v) is 7.95. The van der Waals surface area contributed by atoms with E-state index >= 15 is 0 Å². The van der Waals surface area contributed by atoms with Crippen LogP contribution >= 0.6 is 0 Å². The highest BCUT2D eigenvalue weighted by Gasteiger charge is 2.48. The Bertz CT molecular complexity index is 785. The normalized spacial score (nSPS) is 23.1. The Morgan fingerprint density at radius 2 is 1.84 bits per heavy atom. The molecule has 2 atom stereocenters. The van der Waals surface area contributed by atoms with Crippen LogP contribution in [0.15, 0.2) is 30.3 Å². The molecular formula is C21H28N4O6. The topological polar surface area (TPSA) is 101 Å². The van der Waals surface area contributed by atoms with Gasteiger partial charge in [-0.05, 0) is 37.7 Å². The van der Waals surface area contributed by atoms with Crippen molar-refractivity contribution in [1.29, 1.82) is 0 Å². The number of hydrogen-bond acceptors (Lipinski definition) is 6. The van der Waals surface area contributed by atoms with Gasteiger partial charge in [-0.2, -0.15) is 5.06 Å². The van der Waals surface area contributed by atoms with Gasteiger partial charge >= 0.3 is 12.1 Å². The fraction of sp³-hybridized carbons (Fsp3) is 0.571. The van der Waals surface area contributed by atoms with Gasteiger partial charge in [0.2, 0.25) is 6.79 Å². The number of carbonyl (C=O) groups is 3. The van der Waals surface area contributed by atoms with Crippen LogP contribution in [0.1, 0.15) is 37.7 Å². The zero-order valence-electron chi connectivity index (χ0n) is 17.4. The van der Waals surface area contributed by atoms with Crippen LogP contribution in [0.2, 0.25) is 0 Å². The molecule has 0 spiro atoms. The maximum absolute atomic E-state index is 12.7. The number of nitrogens with zero attached hydrogens (tertiary/aromatic N) is 3. The Balaban J connectivity index is 1.21. The molecule has 10 heteroatoms. The third kappa shape index (κ3) is 5.08. The molecule has 0 unspecified atom stereocenters. The lowest BCUT2D eigenvalue weighted by Gasteiger charge is -2.29. The van der Waals surface area contributed by atoms with E-state index in [2.05, 4.69) is 5.48 Å². The fourth-order valence-corrected chi connectivity index (χ4v) is 4.21. The molecule has 31 heavy (non-hydrogen) atoms. The highest BCUT2D eigenvalue weighted by molar-refractivity contribution is 5.88. The van der Waals surface area contributed by atoms with E-state index < -0.39 is 18.0 Å². The number of rotatable bonds is 7. The summed E-state index contributed by atoms with van der Waals surface area (Å²) in [6.07, 6.45) is 3.75. The summed E-state index contributed by atoms with van der Waals surface area (Å²) >= 11 is 0. The van der Waals surface area contributed by atoms with Crippen molar-refractivity contribution >= 4 is 18.0 Å². The Morgan fingerprint density at radius 3 is 2.61 bits per heavy atom. The number of urea groups is 1. The Hall–Kier alpha value is -2.85. The van der Waals surface area contributed by atoms with E-state index in [1.165, 1.54) is 9.96 Å². The molecule has 3 fully saturated rings. The molecule has 0 saturated carbocycles. The molecule has 0 radical (unpaired) electrons. The molecule has 1 N–H and O–H groups in total. The molecule has 3 saturated heterocycles. The third-order valence-electron chi connectivity index (χ3n) is 5.87. The van der Waals surface area contributed by atoms with Crippen LogP contribution in [0.3, 0.4) is 0 Å². The van der Waals surface area contributed by atoms with Crippen LogP contribution in [-0.2, 0) is 25.8 Å². The van der Waals surface area contributed by atoms with Crippen LogP contribution in [0, 0.1) is 0 Å². The average Bonchev–Trinajstić information content (AvgIpc) is 3.05. The van der Waals surface area contributed by atoms with Crippen molar-refractivity contribution in [3.63, 3.8) is 0 Å². The molecule has 4 amide bonds. The van der Waals surface area contributed by atoms with Crippen molar-refractivity contribution in [3.05, 3.63) is 35.9 Å². The van der Waals surface area contributed by atoms with Crippen molar-refractivity contribution < 1.29 is 28.8 Å². The predicted molar refractivity (Wildman–Crippen MR) is 108 cm³/mol. The average molecular weight is 432 g/mol. The first-order chi connectivity index (χ1) is 15.1. The lowest BCUT2D eigenvalue weighted by molar-refractivity contribution is -0.148. The Labute approximate surface area is 180 Å². The van der Waals surface area contributed by atoms with E-state index in [9.17, 15) is 14.4 Å². The van der Waals surface area contributed by atoms with Crippen LogP contribution in [0.4, 0.5) is 9.59 Å². The summed E-state index contributed by atoms with van der Waals surface area (Å²) in [7, 11) is 0. The van der Waals surface area contributed by atoms with Gasteiger partial charge < -0.3 is 14.5 Å². The molecule has 10 nitrogen and oxygen atoms in total. The zero-order valence-corrected chi connectivity index (χ0v) is 17.4. The molecule has 2 bridgehead atoms. The first kappa shape index (κ1) is 21.4. The van der Waals surface area contributed by atoms with E-state index in [1.54, 1.807) is 4.90 Å². The van der Waals surface area contributed by atoms with E-state index in [4.69, 9.17) is 14.4 Å². The zero-order chi connectivity index (χ0) is 21.6. The molecule has 1 aromatic carbocycles. The molecule has 0 aromatic heterocycles. The second-order valence-electron chi connectivity index (χ2n) is 7.95. The molecule has 168 valence electrons. The second kappa shape index (κ2) is 9.97. The summed E-state index contributed by atoms with van der Waals surface area (Å²) < 4.78 is 5.03. The van der Waals surface area contributed by atoms with Crippen molar-refractivity contribution in [3.8, 4) is 0 Å². The van der Waals surface area contributed by atoms with E-state index in [0.717, 1.165) is 24.8 Å². The van der Waals surface area contributed by atoms with Gasteiger partial charge in [-0.1, -0.05) is 30.3 Å². The number of piperidine rings is 2. The first-order valence-corrected chi connectivity index (χ1v) is 10.7. The monoisotopic (exact) mass is 432 g/mol. The number of fused-ring (bicyclic) bond motifs is 2. The van der Waals surface area contributed by atoms with Crippen molar-refractivity contribution in [2.45, 2.75) is 50.8 Å². The van der Waals surface area contributed by atoms with Crippen molar-refractivity contribution in [2.75, 3.05) is 26.4 Å². The summed E-state index contributed by atoms with van der Waals surface area (Å²) in [5, 5.41) is 1.38. The summed E-state index contributed by atoms with van der Waals surface area (Å²) in [5.74, 6) is -0.439. The molecule has 0 aliphatic carbocycles. The van der Waals surface area contributed by atoms with Gasteiger partial charge in [0.15, 0.2) is 0 Å². The maximum Gasteiger partial charge on any atom is 0.411 e. The van der Waals surface area contributed by atoms with Gasteiger partial charge in [0, 0.05) is 19.6 Å². The summed E-state index contributed by atoms with van der Waals surface area (Å²) in [4.78, 5) is 51.1. The molecule has 3 aliphatic rings. The van der Waals surface area contributed by atoms with Gasteiger partial charge in [-0.25, -0.2) is 19.9 Å². The summed E-state index contributed by atoms with van der Waals surface area (Å²) in [6.45, 7) is 1.69. The minimum atomic E-state index is -0.646. The molecular weight excluding hydrogens is 404 g/mol. The molecule has 3 aliphatic heterocycles. The Kier molecular flexibility index (Phi) is 6.88. The lowest BCUT2D eigenvalue weighted by Crippen LogP contribution is -2.50. The molecule has 4 rings (SSSR count). The van der Waals surface area contributed by atoms with Crippen LogP contribution in [0.5, 0.6) is 0 Å². The van der Waals surface area contributed by atoms with E-state index in [0.29, 0.717) is 39.1 Å². The number of benzene rings is 1. The van der Waals surface area contributed by atoms with Gasteiger partial charge in [0.25, 0.3) is 5.91 Å². The van der Waals surface area contributed by atoms with Crippen LogP contribution in [-0.4, -0.2) is 71.4 Å². The smallest absolute Gasteiger partial charge is 0.411 e. The number of ether oxygens (including phenoxy) is 1. The number of amides is 4. The fourth-order valence-electron chi connectivity index (χ4n) is 4.21. The van der Waals surface area contributed by atoms with Crippen LogP contribution < -0.4 is 5.48 Å². The van der Waals surface area contributed by atoms with E-state index in [1.807, 2.05) is 30.3 Å². The first-order valence-electron chi connectivity index (χ1n) is 10.7. The number of nitrogens with one attached hydrogen (secondary N) is 1. The van der Waals surface area contributed by atoms with Crippen LogP contribution in [0.25, 0.3) is 0 Å². The molecule has 3 heterocycles. The standard InChI is InChI=1S/C21H28N4O6/c26-19(22-30-15-29-21(28)23-11-5-2-6-12-23)18-10-9-17-13-24(18)20(27)25(17)31-14-16-7-3-1-4-8-16/h1,3-4,7-8,17-18H,2,5-6,9-15H2,(H,22,26)/t17-,18+/m1/s1. The van der Waals surface area contributed by atoms with Crippen molar-refractivity contribution in [2.24, 2.45) is 0 Å². The molecule has 1 aromatic rings. The number of carbonyl (C=O) groups excluding carboxylic acids is 3. The largest absolute Gasteiger partial charge is 0.420 e. The highest BCUT2D eigenvalue weighted by atomic mass is 16.8. The highest BCUT2D eigenvalue weighted by Crippen LogP contribution is 2.30. The van der Waals surface area contributed by atoms with Gasteiger partial charge in [0.1, 0.15) is 12.6 Å². The summed E-state index contributed by atoms with van der Waals surface area (Å²) in [6, 6.07) is 8.56. The number of hydroxylamine groups is 3. The van der Waals surface area contributed by atoms with E-state index in [-0.39, 0.29) is 18.9 Å². The van der Waals surface area contributed by atoms with Gasteiger partial charge in [0.05, 0.1) is 6.04 Å². The van der Waals surface area contributed by atoms with Gasteiger partial charge in [-0.15, -0.1) is 0 Å². The Morgan fingerprint density at radius 1 is 1.06 bits per heavy atom. The third-order valence-corrected chi connectivity index (χ3v) is 5.87. The lowest BCUT2D eigenvalue weighted by atomic mass is 10.0. The quantitative estimate of drug-likeness (QED) is 0.402. The number of hydrogen-bond donors (Lipinski definition) is 1.